The van der Waals surface area contributed by atoms with Gasteiger partial charge in [-0.1, -0.05) is 24.6 Å². The molecule has 3 rings (SSSR count). The van der Waals surface area contributed by atoms with E-state index in [0.29, 0.717) is 17.6 Å². The highest BCUT2D eigenvalue weighted by Crippen LogP contribution is 2.50. The Kier molecular flexibility index (Phi) is 3.40. The number of hydrogen-bond donors (Lipinski definition) is 1. The molecule has 0 spiro atoms. The Balaban J connectivity index is 2.01. The first kappa shape index (κ1) is 13.7. The average molecular weight is 270 g/mol. The van der Waals surface area contributed by atoms with Crippen LogP contribution >= 0.6 is 0 Å². The lowest BCUT2D eigenvalue weighted by molar-refractivity contribution is 0.191. The van der Waals surface area contributed by atoms with Gasteiger partial charge in [0.15, 0.2) is 0 Å². The Morgan fingerprint density at radius 2 is 1.70 bits per heavy atom. The van der Waals surface area contributed by atoms with Crippen LogP contribution in [0.2, 0.25) is 0 Å². The summed E-state index contributed by atoms with van der Waals surface area (Å²) in [6.45, 7) is 8.86. The highest BCUT2D eigenvalue weighted by molar-refractivity contribution is 5.75. The lowest BCUT2D eigenvalue weighted by Crippen LogP contribution is -2.21. The van der Waals surface area contributed by atoms with Crippen molar-refractivity contribution in [3.05, 3.63) is 40.1 Å². The van der Waals surface area contributed by atoms with Gasteiger partial charge in [0, 0.05) is 5.92 Å². The van der Waals surface area contributed by atoms with Crippen molar-refractivity contribution in [3.8, 4) is 0 Å². The van der Waals surface area contributed by atoms with Crippen molar-refractivity contribution in [1.82, 2.24) is 0 Å². The number of aliphatic hydroxyl groups excluding tert-OH is 1. The second-order valence-electron chi connectivity index (χ2n) is 7.13. The summed E-state index contributed by atoms with van der Waals surface area (Å²) in [5.74, 6) is 2.63. The highest BCUT2D eigenvalue weighted by atomic mass is 16.3. The molecule has 0 heterocycles. The fourth-order valence-electron chi connectivity index (χ4n) is 4.56. The van der Waals surface area contributed by atoms with E-state index in [4.69, 9.17) is 0 Å². The standard InChI is InChI=1S/C19H26O/c1-11-5-6-16-15(9-11)10-17(19(16)20)18-13(3)7-12(2)8-14(18)4/h7-8,11,15-16,20H,5-6,9-10H2,1-4H3. The molecule has 0 bridgehead atoms. The maximum Gasteiger partial charge on any atom is 0.0994 e. The number of fused-ring (bicyclic) bond motifs is 1. The molecule has 0 aliphatic heterocycles. The lowest BCUT2D eigenvalue weighted by Gasteiger charge is -2.29. The molecule has 1 aromatic carbocycles. The minimum Gasteiger partial charge on any atom is -0.512 e. The number of benzene rings is 1. The summed E-state index contributed by atoms with van der Waals surface area (Å²) in [5.41, 5.74) is 6.50. The summed E-state index contributed by atoms with van der Waals surface area (Å²) < 4.78 is 0. The molecule has 0 radical (unpaired) electrons. The molecule has 0 saturated heterocycles. The van der Waals surface area contributed by atoms with E-state index in [-0.39, 0.29) is 0 Å². The molecule has 1 nitrogen and oxygen atoms in total. The van der Waals surface area contributed by atoms with Crippen molar-refractivity contribution < 1.29 is 5.11 Å². The van der Waals surface area contributed by atoms with Gasteiger partial charge in [-0.15, -0.1) is 0 Å². The van der Waals surface area contributed by atoms with Crippen molar-refractivity contribution in [2.75, 3.05) is 0 Å². The average Bonchev–Trinajstić information content (AvgIpc) is 2.65. The van der Waals surface area contributed by atoms with E-state index in [9.17, 15) is 5.11 Å². The molecular weight excluding hydrogens is 244 g/mol. The second kappa shape index (κ2) is 4.95. The van der Waals surface area contributed by atoms with Crippen LogP contribution in [0.3, 0.4) is 0 Å². The van der Waals surface area contributed by atoms with Crippen LogP contribution in [0.4, 0.5) is 0 Å². The summed E-state index contributed by atoms with van der Waals surface area (Å²) >= 11 is 0. The molecule has 108 valence electrons. The van der Waals surface area contributed by atoms with Gasteiger partial charge in [-0.25, -0.2) is 0 Å². The molecule has 2 aliphatic rings. The molecule has 3 unspecified atom stereocenters. The van der Waals surface area contributed by atoms with Crippen molar-refractivity contribution in [2.45, 2.75) is 53.4 Å². The molecule has 20 heavy (non-hydrogen) atoms. The molecule has 1 saturated carbocycles. The Bertz CT molecular complexity index is 544. The van der Waals surface area contributed by atoms with E-state index in [1.54, 1.807) is 0 Å². The van der Waals surface area contributed by atoms with Crippen LogP contribution in [0, 0.1) is 38.5 Å². The van der Waals surface area contributed by atoms with Gasteiger partial charge < -0.3 is 5.11 Å². The Morgan fingerprint density at radius 3 is 2.35 bits per heavy atom. The molecule has 1 heteroatoms. The number of rotatable bonds is 1. The Hall–Kier alpha value is -1.24. The van der Waals surface area contributed by atoms with E-state index < -0.39 is 0 Å². The van der Waals surface area contributed by atoms with E-state index >= 15 is 0 Å². The van der Waals surface area contributed by atoms with Gasteiger partial charge in [0.2, 0.25) is 0 Å². The number of hydrogen-bond acceptors (Lipinski definition) is 1. The fraction of sp³-hybridized carbons (Fsp3) is 0.579. The Labute approximate surface area is 122 Å². The molecule has 1 N–H and O–H groups in total. The van der Waals surface area contributed by atoms with Crippen molar-refractivity contribution in [1.29, 1.82) is 0 Å². The van der Waals surface area contributed by atoms with Crippen molar-refractivity contribution >= 4 is 5.57 Å². The van der Waals surface area contributed by atoms with E-state index in [1.807, 2.05) is 0 Å². The van der Waals surface area contributed by atoms with Crippen molar-refractivity contribution in [3.63, 3.8) is 0 Å². The van der Waals surface area contributed by atoms with Crippen LogP contribution in [-0.4, -0.2) is 5.11 Å². The van der Waals surface area contributed by atoms with Crippen LogP contribution in [0.5, 0.6) is 0 Å². The van der Waals surface area contributed by atoms with E-state index in [2.05, 4.69) is 39.8 Å². The minimum absolute atomic E-state index is 0.432. The summed E-state index contributed by atoms with van der Waals surface area (Å²) in [6.07, 6.45) is 4.79. The third-order valence-electron chi connectivity index (χ3n) is 5.35. The van der Waals surface area contributed by atoms with Crippen molar-refractivity contribution in [2.24, 2.45) is 17.8 Å². The first-order valence-electron chi connectivity index (χ1n) is 7.97. The van der Waals surface area contributed by atoms with Gasteiger partial charge in [-0.2, -0.15) is 0 Å². The van der Waals surface area contributed by atoms with Crippen LogP contribution in [0.1, 0.15) is 54.9 Å². The molecule has 0 aromatic heterocycles. The number of allylic oxidation sites excluding steroid dienone is 2. The van der Waals surface area contributed by atoms with Crippen LogP contribution in [0.15, 0.2) is 17.9 Å². The summed E-state index contributed by atoms with van der Waals surface area (Å²) in [6, 6.07) is 4.49. The topological polar surface area (TPSA) is 20.2 Å². The molecular formula is C19H26O. The zero-order valence-electron chi connectivity index (χ0n) is 13.2. The van der Waals surface area contributed by atoms with Gasteiger partial charge in [0.05, 0.1) is 5.76 Å². The minimum atomic E-state index is 0.432. The van der Waals surface area contributed by atoms with Gasteiger partial charge in [-0.3, -0.25) is 0 Å². The van der Waals surface area contributed by atoms with Crippen LogP contribution in [-0.2, 0) is 0 Å². The largest absolute Gasteiger partial charge is 0.512 e. The molecule has 2 aliphatic carbocycles. The molecule has 0 amide bonds. The lowest BCUT2D eigenvalue weighted by atomic mass is 9.76. The summed E-state index contributed by atoms with van der Waals surface area (Å²) in [4.78, 5) is 0. The highest BCUT2D eigenvalue weighted by Gasteiger charge is 2.39. The van der Waals surface area contributed by atoms with Gasteiger partial charge in [-0.05, 0) is 80.6 Å². The second-order valence-corrected chi connectivity index (χ2v) is 7.13. The smallest absolute Gasteiger partial charge is 0.0994 e. The SMILES string of the molecule is Cc1cc(C)c(C2=C(O)C3CCC(C)CC3C2)c(C)c1. The third-order valence-corrected chi connectivity index (χ3v) is 5.35. The van der Waals surface area contributed by atoms with E-state index in [1.165, 1.54) is 47.1 Å². The quantitative estimate of drug-likeness (QED) is 0.730. The molecule has 1 aromatic rings. The third kappa shape index (κ3) is 2.17. The molecule has 1 fully saturated rings. The van der Waals surface area contributed by atoms with Crippen LogP contribution < -0.4 is 0 Å². The maximum atomic E-state index is 10.7. The summed E-state index contributed by atoms with van der Waals surface area (Å²) in [5, 5.41) is 10.7. The maximum absolute atomic E-state index is 10.7. The molecule has 3 atom stereocenters. The fourth-order valence-corrected chi connectivity index (χ4v) is 4.56. The van der Waals surface area contributed by atoms with Gasteiger partial charge >= 0.3 is 0 Å². The van der Waals surface area contributed by atoms with Gasteiger partial charge in [0.1, 0.15) is 0 Å². The Morgan fingerprint density at radius 1 is 1.05 bits per heavy atom. The normalized spacial score (nSPS) is 29.7. The first-order chi connectivity index (χ1) is 9.47. The van der Waals surface area contributed by atoms with Gasteiger partial charge in [0.25, 0.3) is 0 Å². The monoisotopic (exact) mass is 270 g/mol. The van der Waals surface area contributed by atoms with Crippen LogP contribution in [0.25, 0.3) is 5.57 Å². The zero-order valence-corrected chi connectivity index (χ0v) is 13.2. The predicted octanol–water partition coefficient (Wildman–Crippen LogP) is 5.34. The zero-order chi connectivity index (χ0) is 14.4. The predicted molar refractivity (Wildman–Crippen MR) is 84.8 cm³/mol. The summed E-state index contributed by atoms with van der Waals surface area (Å²) in [7, 11) is 0. The number of aliphatic hydroxyl groups is 1. The van der Waals surface area contributed by atoms with E-state index in [0.717, 1.165) is 12.3 Å². The number of aryl methyl sites for hydroxylation is 3. The first-order valence-corrected chi connectivity index (χ1v) is 7.97.